The molecule has 0 bridgehead atoms. The highest BCUT2D eigenvalue weighted by molar-refractivity contribution is 5.82. The van der Waals surface area contributed by atoms with E-state index in [0.29, 0.717) is 0 Å². The van der Waals surface area contributed by atoms with E-state index < -0.39 is 10.8 Å². The van der Waals surface area contributed by atoms with Crippen LogP contribution in [0.25, 0.3) is 0 Å². The van der Waals surface area contributed by atoms with E-state index in [9.17, 15) is 9.59 Å². The number of carbonyl (C=O) groups excluding carboxylic acids is 2. The number of hydrogen-bond acceptors (Lipinski definition) is 2. The van der Waals surface area contributed by atoms with Crippen LogP contribution in [0.3, 0.4) is 0 Å². The van der Waals surface area contributed by atoms with Crippen LogP contribution in [0.1, 0.15) is 95.9 Å². The second-order valence-corrected chi connectivity index (χ2v) is 11.4. The molecule has 4 heteroatoms. The molecule has 26 heavy (non-hydrogen) atoms. The molecule has 0 unspecified atom stereocenters. The molecule has 2 N–H and O–H groups in total. The van der Waals surface area contributed by atoms with Crippen molar-refractivity contribution in [1.82, 2.24) is 10.6 Å². The first-order valence-corrected chi connectivity index (χ1v) is 9.92. The summed E-state index contributed by atoms with van der Waals surface area (Å²) in [5.74, 6) is 0.163. The number of hydrogen-bond donors (Lipinski definition) is 2. The average molecular weight is 369 g/mol. The van der Waals surface area contributed by atoms with Gasteiger partial charge in [-0.3, -0.25) is 9.59 Å². The Morgan fingerprint density at radius 2 is 1.12 bits per heavy atom. The summed E-state index contributed by atoms with van der Waals surface area (Å²) < 4.78 is 0. The van der Waals surface area contributed by atoms with Crippen molar-refractivity contribution in [3.8, 4) is 0 Å². The van der Waals surface area contributed by atoms with Gasteiger partial charge in [-0.25, -0.2) is 0 Å². The molecule has 2 amide bonds. The van der Waals surface area contributed by atoms with Gasteiger partial charge in [-0.15, -0.1) is 0 Å². The van der Waals surface area contributed by atoms with E-state index in [0.717, 1.165) is 12.8 Å². The largest absolute Gasteiger partial charge is 0.353 e. The molecule has 0 aromatic carbocycles. The molecule has 0 heterocycles. The van der Waals surface area contributed by atoms with Gasteiger partial charge in [0.2, 0.25) is 11.8 Å². The van der Waals surface area contributed by atoms with Gasteiger partial charge in [-0.2, -0.15) is 0 Å². The second-order valence-electron chi connectivity index (χ2n) is 11.4. The summed E-state index contributed by atoms with van der Waals surface area (Å²) in [6.07, 6.45) is 1.64. The van der Waals surface area contributed by atoms with E-state index in [2.05, 4.69) is 59.1 Å². The zero-order valence-corrected chi connectivity index (χ0v) is 19.4. The molecule has 0 aromatic heterocycles. The highest BCUT2D eigenvalue weighted by Gasteiger charge is 2.36. The van der Waals surface area contributed by atoms with Crippen molar-refractivity contribution in [2.24, 2.45) is 21.7 Å². The minimum absolute atomic E-state index is 0.0385. The third kappa shape index (κ3) is 7.67. The lowest BCUT2D eigenvalue weighted by molar-refractivity contribution is -0.132. The third-order valence-electron chi connectivity index (χ3n) is 5.86. The Hall–Kier alpha value is -1.06. The highest BCUT2D eigenvalue weighted by Crippen LogP contribution is 2.34. The predicted octanol–water partition coefficient (Wildman–Crippen LogP) is 4.92. The van der Waals surface area contributed by atoms with E-state index in [1.54, 1.807) is 0 Å². The minimum atomic E-state index is -0.440. The van der Waals surface area contributed by atoms with Crippen LogP contribution in [0.15, 0.2) is 0 Å². The molecule has 0 spiro atoms. The fourth-order valence-corrected chi connectivity index (χ4v) is 2.18. The van der Waals surface area contributed by atoms with Gasteiger partial charge in [-0.1, -0.05) is 69.2 Å². The Balaban J connectivity index is 4.86. The Bertz CT molecular complexity index is 493. The van der Waals surface area contributed by atoms with Crippen LogP contribution in [-0.2, 0) is 9.59 Å². The van der Waals surface area contributed by atoms with Crippen molar-refractivity contribution < 1.29 is 9.59 Å². The van der Waals surface area contributed by atoms with Gasteiger partial charge in [0, 0.05) is 22.9 Å². The van der Waals surface area contributed by atoms with Crippen LogP contribution in [0.5, 0.6) is 0 Å². The van der Waals surface area contributed by atoms with Gasteiger partial charge < -0.3 is 10.6 Å². The Kier molecular flexibility index (Phi) is 7.97. The van der Waals surface area contributed by atoms with E-state index in [-0.39, 0.29) is 34.7 Å². The number of rotatable bonds is 7. The maximum Gasteiger partial charge on any atom is 0.225 e. The fraction of sp³-hybridized carbons (Fsp3) is 0.909. The van der Waals surface area contributed by atoms with Crippen molar-refractivity contribution >= 4 is 11.8 Å². The lowest BCUT2D eigenvalue weighted by Gasteiger charge is -2.37. The first kappa shape index (κ1) is 24.9. The van der Waals surface area contributed by atoms with Crippen molar-refractivity contribution in [2.75, 3.05) is 0 Å². The van der Waals surface area contributed by atoms with Gasteiger partial charge in [0.05, 0.1) is 0 Å². The minimum Gasteiger partial charge on any atom is -0.353 e. The predicted molar refractivity (Wildman–Crippen MR) is 111 cm³/mol. The number of amides is 2. The standard InChI is InChI=1S/C22H44N2O2/c1-15(19(3,4)5)23-18(26)22(11,12)14-13-21(9,10)16(2)24-17(25)20(6,7)8/h15-16H,13-14H2,1-12H3,(H,23,26)(H,24,25)/t15-,16+/m0/s1. The maximum absolute atomic E-state index is 12.7. The summed E-state index contributed by atoms with van der Waals surface area (Å²) in [4.78, 5) is 25.0. The van der Waals surface area contributed by atoms with E-state index in [1.165, 1.54) is 0 Å². The lowest BCUT2D eigenvalue weighted by Crippen LogP contribution is -2.49. The molecule has 0 aliphatic carbocycles. The second kappa shape index (κ2) is 8.31. The van der Waals surface area contributed by atoms with Gasteiger partial charge in [0.15, 0.2) is 0 Å². The van der Waals surface area contributed by atoms with Crippen molar-refractivity contribution in [2.45, 2.75) is 108 Å². The Morgan fingerprint density at radius 1 is 0.692 bits per heavy atom. The zero-order chi connectivity index (χ0) is 21.1. The van der Waals surface area contributed by atoms with Crippen molar-refractivity contribution in [1.29, 1.82) is 0 Å². The smallest absolute Gasteiger partial charge is 0.225 e. The zero-order valence-electron chi connectivity index (χ0n) is 19.4. The molecule has 0 fully saturated rings. The third-order valence-corrected chi connectivity index (χ3v) is 5.86. The lowest BCUT2D eigenvalue weighted by atomic mass is 9.74. The molecular weight excluding hydrogens is 324 g/mol. The Labute approximate surface area is 162 Å². The monoisotopic (exact) mass is 368 g/mol. The number of nitrogens with one attached hydrogen (secondary N) is 2. The van der Waals surface area contributed by atoms with Crippen LogP contribution in [0.2, 0.25) is 0 Å². The topological polar surface area (TPSA) is 58.2 Å². The Morgan fingerprint density at radius 3 is 1.50 bits per heavy atom. The molecule has 154 valence electrons. The molecule has 2 atom stereocenters. The highest BCUT2D eigenvalue weighted by atomic mass is 16.2. The number of carbonyl (C=O) groups is 2. The van der Waals surface area contributed by atoms with Gasteiger partial charge in [0.25, 0.3) is 0 Å². The molecule has 0 aliphatic rings. The molecule has 0 saturated carbocycles. The molecule has 0 radical (unpaired) electrons. The maximum atomic E-state index is 12.7. The van der Waals surface area contributed by atoms with Crippen LogP contribution < -0.4 is 10.6 Å². The fourth-order valence-electron chi connectivity index (χ4n) is 2.18. The summed E-state index contributed by atoms with van der Waals surface area (Å²) in [7, 11) is 0. The first-order valence-electron chi connectivity index (χ1n) is 9.92. The normalized spacial score (nSPS) is 16.0. The van der Waals surface area contributed by atoms with Gasteiger partial charge in [-0.05, 0) is 37.5 Å². The van der Waals surface area contributed by atoms with E-state index in [1.807, 2.05) is 34.6 Å². The van der Waals surface area contributed by atoms with Gasteiger partial charge in [0.1, 0.15) is 0 Å². The molecule has 4 nitrogen and oxygen atoms in total. The SMILES string of the molecule is C[C@H](NC(=O)C(C)(C)CCC(C)(C)[C@@H](C)NC(=O)C(C)(C)C)C(C)(C)C. The van der Waals surface area contributed by atoms with Crippen LogP contribution in [0.4, 0.5) is 0 Å². The summed E-state index contributed by atoms with van der Waals surface area (Å²) in [5.41, 5.74) is -0.887. The van der Waals surface area contributed by atoms with E-state index in [4.69, 9.17) is 0 Å². The summed E-state index contributed by atoms with van der Waals surface area (Å²) in [6.45, 7) is 24.6. The molecular formula is C22H44N2O2. The summed E-state index contributed by atoms with van der Waals surface area (Å²) in [6, 6.07) is 0.161. The summed E-state index contributed by atoms with van der Waals surface area (Å²) in [5, 5.41) is 6.31. The molecule has 0 aliphatic heterocycles. The van der Waals surface area contributed by atoms with Crippen molar-refractivity contribution in [3.63, 3.8) is 0 Å². The van der Waals surface area contributed by atoms with Gasteiger partial charge >= 0.3 is 0 Å². The first-order chi connectivity index (χ1) is 11.3. The molecule has 0 aromatic rings. The van der Waals surface area contributed by atoms with Crippen LogP contribution >= 0.6 is 0 Å². The average Bonchev–Trinajstić information content (AvgIpc) is 2.43. The molecule has 0 saturated heterocycles. The van der Waals surface area contributed by atoms with Crippen molar-refractivity contribution in [3.05, 3.63) is 0 Å². The quantitative estimate of drug-likeness (QED) is 0.670. The van der Waals surface area contributed by atoms with Crippen LogP contribution in [0, 0.1) is 21.7 Å². The summed E-state index contributed by atoms with van der Waals surface area (Å²) >= 11 is 0. The van der Waals surface area contributed by atoms with Crippen LogP contribution in [-0.4, -0.2) is 23.9 Å². The molecule has 0 rings (SSSR count). The van der Waals surface area contributed by atoms with E-state index >= 15 is 0 Å².